The Balaban J connectivity index is 1.74. The monoisotopic (exact) mass is 381 g/mol. The van der Waals surface area contributed by atoms with Crippen molar-refractivity contribution >= 4 is 22.6 Å². The van der Waals surface area contributed by atoms with E-state index in [1.54, 1.807) is 12.1 Å². The van der Waals surface area contributed by atoms with E-state index in [0.717, 1.165) is 38.2 Å². The van der Waals surface area contributed by atoms with E-state index in [1.807, 2.05) is 40.0 Å². The van der Waals surface area contributed by atoms with Crippen molar-refractivity contribution in [1.29, 1.82) is 0 Å². The molecule has 1 amide bonds. The number of carbonyl (C=O) groups excluding carboxylic acids is 1. The number of rotatable bonds is 5. The number of hydrogen-bond acceptors (Lipinski definition) is 4. The average Bonchev–Trinajstić information content (AvgIpc) is 2.57. The van der Waals surface area contributed by atoms with Gasteiger partial charge in [0.25, 0.3) is 5.91 Å². The molecule has 0 saturated heterocycles. The number of amides is 1. The first-order valence-corrected chi connectivity index (χ1v) is 9.17. The van der Waals surface area contributed by atoms with Gasteiger partial charge in [0.05, 0.1) is 7.05 Å². The van der Waals surface area contributed by atoms with Crippen LogP contribution in [0.1, 0.15) is 22.3 Å². The minimum absolute atomic E-state index is 0.0386. The van der Waals surface area contributed by atoms with Crippen LogP contribution in [-0.2, 0) is 11.3 Å². The maximum absolute atomic E-state index is 12.5. The number of quaternary nitrogens is 1. The maximum atomic E-state index is 12.5. The minimum atomic E-state index is -0.476. The molecule has 0 aliphatic carbocycles. The number of aromatic hydroxyl groups is 1. The highest BCUT2D eigenvalue weighted by Gasteiger charge is 2.16. The quantitative estimate of drug-likeness (QED) is 0.591. The van der Waals surface area contributed by atoms with Crippen LogP contribution in [0.3, 0.4) is 0 Å². The van der Waals surface area contributed by atoms with Crippen LogP contribution in [0.25, 0.3) is 11.0 Å². The van der Waals surface area contributed by atoms with E-state index in [4.69, 9.17) is 4.42 Å². The molecule has 0 fully saturated rings. The normalized spacial score (nSPS) is 12.1. The highest BCUT2D eigenvalue weighted by Crippen LogP contribution is 2.22. The summed E-state index contributed by atoms with van der Waals surface area (Å²) in [6, 6.07) is 10.2. The van der Waals surface area contributed by atoms with Crippen LogP contribution < -0.4 is 15.8 Å². The number of fused-ring (bicyclic) bond motifs is 1. The number of anilines is 1. The molecule has 3 N–H and O–H groups in total. The first kappa shape index (κ1) is 19.6. The van der Waals surface area contributed by atoms with Gasteiger partial charge in [0, 0.05) is 28.8 Å². The Kier molecular flexibility index (Phi) is 5.51. The zero-order valence-electron chi connectivity index (χ0n) is 16.6. The fourth-order valence-corrected chi connectivity index (χ4v) is 3.59. The molecule has 0 spiro atoms. The number of nitrogens with one attached hydrogen (secondary N) is 2. The van der Waals surface area contributed by atoms with E-state index in [-0.39, 0.29) is 18.2 Å². The number of likely N-dealkylation sites (N-methyl/N-ethyl adjacent to an activating group) is 1. The van der Waals surface area contributed by atoms with Crippen LogP contribution in [0, 0.1) is 20.8 Å². The summed E-state index contributed by atoms with van der Waals surface area (Å²) in [4.78, 5) is 25.3. The van der Waals surface area contributed by atoms with Gasteiger partial charge >= 0.3 is 5.63 Å². The first-order chi connectivity index (χ1) is 13.2. The molecule has 0 aliphatic heterocycles. The van der Waals surface area contributed by atoms with Crippen LogP contribution in [0.2, 0.25) is 0 Å². The molecule has 28 heavy (non-hydrogen) atoms. The third kappa shape index (κ3) is 4.40. The Morgan fingerprint density at radius 2 is 1.79 bits per heavy atom. The van der Waals surface area contributed by atoms with Gasteiger partial charge in [-0.2, -0.15) is 0 Å². The van der Waals surface area contributed by atoms with Gasteiger partial charge in [0.2, 0.25) is 0 Å². The van der Waals surface area contributed by atoms with Gasteiger partial charge in [-0.15, -0.1) is 0 Å². The minimum Gasteiger partial charge on any atom is -0.508 e. The van der Waals surface area contributed by atoms with Crippen molar-refractivity contribution in [3.05, 3.63) is 69.1 Å². The largest absolute Gasteiger partial charge is 0.508 e. The first-order valence-electron chi connectivity index (χ1n) is 9.17. The van der Waals surface area contributed by atoms with Crippen LogP contribution >= 0.6 is 0 Å². The zero-order valence-corrected chi connectivity index (χ0v) is 16.6. The van der Waals surface area contributed by atoms with Gasteiger partial charge in [0.1, 0.15) is 17.9 Å². The lowest BCUT2D eigenvalue weighted by atomic mass is 10.1. The van der Waals surface area contributed by atoms with E-state index >= 15 is 0 Å². The molecule has 6 nitrogen and oxygen atoms in total. The number of phenols is 1. The second kappa shape index (κ2) is 7.86. The SMILES string of the molecule is Cc1cc(C)c(NC(=O)C[NH+](C)Cc2cc(=O)oc3cc(O)ccc23)c(C)c1. The Hall–Kier alpha value is -3.12. The van der Waals surface area contributed by atoms with Gasteiger partial charge in [-0.1, -0.05) is 17.7 Å². The average molecular weight is 381 g/mol. The van der Waals surface area contributed by atoms with Crippen LogP contribution in [-0.4, -0.2) is 24.6 Å². The lowest BCUT2D eigenvalue weighted by Crippen LogP contribution is -3.08. The number of benzene rings is 2. The van der Waals surface area contributed by atoms with Gasteiger partial charge in [0.15, 0.2) is 6.54 Å². The van der Waals surface area contributed by atoms with E-state index in [2.05, 4.69) is 5.32 Å². The van der Waals surface area contributed by atoms with Gasteiger partial charge in [-0.05, 0) is 44.0 Å². The summed E-state index contributed by atoms with van der Waals surface area (Å²) < 4.78 is 5.16. The number of aryl methyl sites for hydroxylation is 3. The van der Waals surface area contributed by atoms with Gasteiger partial charge in [-0.3, -0.25) is 4.79 Å². The zero-order chi connectivity index (χ0) is 20.4. The topological polar surface area (TPSA) is 84.0 Å². The Morgan fingerprint density at radius 3 is 2.46 bits per heavy atom. The van der Waals surface area contributed by atoms with Crippen molar-refractivity contribution in [2.24, 2.45) is 0 Å². The van der Waals surface area contributed by atoms with Crippen LogP contribution in [0.5, 0.6) is 5.75 Å². The molecular formula is C22H25N2O4+. The fourth-order valence-electron chi connectivity index (χ4n) is 3.59. The third-order valence-corrected chi connectivity index (χ3v) is 4.71. The molecule has 6 heteroatoms. The maximum Gasteiger partial charge on any atom is 0.336 e. The van der Waals surface area contributed by atoms with E-state index < -0.39 is 5.63 Å². The molecule has 0 aliphatic rings. The predicted molar refractivity (Wildman–Crippen MR) is 109 cm³/mol. The van der Waals surface area contributed by atoms with Gasteiger partial charge < -0.3 is 19.7 Å². The lowest BCUT2D eigenvalue weighted by Gasteiger charge is -2.17. The van der Waals surface area contributed by atoms with E-state index in [0.29, 0.717) is 12.1 Å². The number of hydrogen-bond donors (Lipinski definition) is 3. The molecule has 3 aromatic rings. The Bertz CT molecular complexity index is 1080. The second-order valence-electron chi connectivity index (χ2n) is 7.40. The van der Waals surface area contributed by atoms with Crippen molar-refractivity contribution in [3.8, 4) is 5.75 Å². The summed E-state index contributed by atoms with van der Waals surface area (Å²) in [5.41, 5.74) is 4.73. The van der Waals surface area contributed by atoms with Crippen molar-refractivity contribution in [2.45, 2.75) is 27.3 Å². The second-order valence-corrected chi connectivity index (χ2v) is 7.40. The molecule has 1 heterocycles. The van der Waals surface area contributed by atoms with Crippen molar-refractivity contribution in [2.75, 3.05) is 18.9 Å². The van der Waals surface area contributed by atoms with Gasteiger partial charge in [-0.25, -0.2) is 4.79 Å². The molecule has 2 aromatic carbocycles. The molecule has 0 bridgehead atoms. The third-order valence-electron chi connectivity index (χ3n) is 4.71. The molecular weight excluding hydrogens is 356 g/mol. The summed E-state index contributed by atoms with van der Waals surface area (Å²) in [7, 11) is 1.90. The van der Waals surface area contributed by atoms with Crippen molar-refractivity contribution < 1.29 is 19.2 Å². The Morgan fingerprint density at radius 1 is 1.11 bits per heavy atom. The summed E-state index contributed by atoms with van der Waals surface area (Å²) >= 11 is 0. The molecule has 1 unspecified atom stereocenters. The standard InChI is InChI=1S/C22H24N2O4/c1-13-7-14(2)22(15(3)8-13)23-20(26)12-24(4)11-16-9-21(27)28-19-10-17(25)5-6-18(16)19/h5-10,25H,11-12H2,1-4H3,(H,23,26)/p+1. The van der Waals surface area contributed by atoms with Crippen molar-refractivity contribution in [3.63, 3.8) is 0 Å². The molecule has 0 radical (unpaired) electrons. The van der Waals surface area contributed by atoms with Crippen molar-refractivity contribution in [1.82, 2.24) is 0 Å². The highest BCUT2D eigenvalue weighted by atomic mass is 16.4. The van der Waals surface area contributed by atoms with Crippen LogP contribution in [0.4, 0.5) is 5.69 Å². The summed E-state index contributed by atoms with van der Waals surface area (Å²) in [5.74, 6) is -0.0471. The molecule has 0 saturated carbocycles. The molecule has 1 aromatic heterocycles. The molecule has 146 valence electrons. The molecule has 3 rings (SSSR count). The van der Waals surface area contributed by atoms with E-state index in [9.17, 15) is 14.7 Å². The smallest absolute Gasteiger partial charge is 0.336 e. The van der Waals surface area contributed by atoms with Crippen LogP contribution in [0.15, 0.2) is 45.6 Å². The predicted octanol–water partition coefficient (Wildman–Crippen LogP) is 2.08. The summed E-state index contributed by atoms with van der Waals surface area (Å²) in [6.07, 6.45) is 0. The fraction of sp³-hybridized carbons (Fsp3) is 0.273. The highest BCUT2D eigenvalue weighted by molar-refractivity contribution is 5.93. The molecule has 1 atom stereocenters. The van der Waals surface area contributed by atoms with E-state index in [1.165, 1.54) is 12.1 Å². The number of carbonyl (C=O) groups is 1. The lowest BCUT2D eigenvalue weighted by molar-refractivity contribution is -0.885. The summed E-state index contributed by atoms with van der Waals surface area (Å²) in [6.45, 7) is 6.73. The number of phenolic OH excluding ortho intramolecular Hbond substituents is 1. The Labute approximate surface area is 163 Å². The summed E-state index contributed by atoms with van der Waals surface area (Å²) in [5, 5.41) is 13.4.